The molecule has 1 saturated carbocycles. The molecule has 2 aliphatic rings. The molecule has 1 aromatic rings. The lowest BCUT2D eigenvalue weighted by atomic mass is 10.2. The molecule has 0 bridgehead atoms. The van der Waals surface area contributed by atoms with Crippen LogP contribution in [0.1, 0.15) is 42.7 Å². The number of hydrogen-bond donors (Lipinski definition) is 1. The topological polar surface area (TPSA) is 39.6 Å². The number of rotatable bonds is 5. The molecule has 1 aliphatic carbocycles. The SMILES string of the molecule is CCCN1CCN(c2nc(C3CC3)c(CO)s2)CC1. The van der Waals surface area contributed by atoms with E-state index in [1.807, 2.05) is 0 Å². The van der Waals surface area contributed by atoms with E-state index in [1.165, 1.54) is 31.5 Å². The maximum absolute atomic E-state index is 9.46. The molecule has 0 radical (unpaired) electrons. The van der Waals surface area contributed by atoms with Gasteiger partial charge in [-0.15, -0.1) is 0 Å². The summed E-state index contributed by atoms with van der Waals surface area (Å²) in [5.74, 6) is 0.633. The van der Waals surface area contributed by atoms with E-state index in [0.29, 0.717) is 5.92 Å². The predicted molar refractivity (Wildman–Crippen MR) is 79.0 cm³/mol. The summed E-state index contributed by atoms with van der Waals surface area (Å²) in [4.78, 5) is 10.8. The number of aliphatic hydroxyl groups excluding tert-OH is 1. The first-order valence-electron chi connectivity index (χ1n) is 7.39. The van der Waals surface area contributed by atoms with Crippen molar-refractivity contribution < 1.29 is 5.11 Å². The van der Waals surface area contributed by atoms with Crippen molar-refractivity contribution in [2.45, 2.75) is 38.7 Å². The minimum absolute atomic E-state index is 0.152. The Morgan fingerprint density at radius 1 is 1.26 bits per heavy atom. The second kappa shape index (κ2) is 5.77. The van der Waals surface area contributed by atoms with Crippen LogP contribution >= 0.6 is 11.3 Å². The van der Waals surface area contributed by atoms with Crippen LogP contribution in [0, 0.1) is 0 Å². The number of hydrogen-bond acceptors (Lipinski definition) is 5. The Labute approximate surface area is 119 Å². The highest BCUT2D eigenvalue weighted by Crippen LogP contribution is 2.44. The summed E-state index contributed by atoms with van der Waals surface area (Å²) in [7, 11) is 0. The Kier molecular flexibility index (Phi) is 4.05. The van der Waals surface area contributed by atoms with Crippen LogP contribution in [0.5, 0.6) is 0 Å². The zero-order chi connectivity index (χ0) is 13.2. The normalized spacial score (nSPS) is 21.1. The highest BCUT2D eigenvalue weighted by molar-refractivity contribution is 7.15. The molecule has 0 unspecified atom stereocenters. The molecule has 1 saturated heterocycles. The molecule has 2 heterocycles. The number of aliphatic hydroxyl groups is 1. The fourth-order valence-electron chi connectivity index (χ4n) is 2.75. The van der Waals surface area contributed by atoms with Crippen LogP contribution in [-0.4, -0.2) is 47.7 Å². The smallest absolute Gasteiger partial charge is 0.185 e. The summed E-state index contributed by atoms with van der Waals surface area (Å²) in [6.45, 7) is 8.02. The summed E-state index contributed by atoms with van der Waals surface area (Å²) in [6, 6.07) is 0. The van der Waals surface area contributed by atoms with E-state index in [9.17, 15) is 5.11 Å². The van der Waals surface area contributed by atoms with Gasteiger partial charge in [-0.05, 0) is 25.8 Å². The first-order chi connectivity index (χ1) is 9.31. The molecule has 3 rings (SSSR count). The standard InChI is InChI=1S/C14H23N3OS/c1-2-5-16-6-8-17(9-7-16)14-15-13(11-3-4-11)12(10-18)19-14/h11,18H,2-10H2,1H3. The van der Waals surface area contributed by atoms with Gasteiger partial charge >= 0.3 is 0 Å². The van der Waals surface area contributed by atoms with E-state index >= 15 is 0 Å². The highest BCUT2D eigenvalue weighted by atomic mass is 32.1. The molecule has 2 fully saturated rings. The average Bonchev–Trinajstić information content (AvgIpc) is 3.19. The maximum atomic E-state index is 9.46. The van der Waals surface area contributed by atoms with Crippen LogP contribution in [0.3, 0.4) is 0 Å². The molecule has 1 N–H and O–H groups in total. The third kappa shape index (κ3) is 2.93. The lowest BCUT2D eigenvalue weighted by Crippen LogP contribution is -2.46. The molecule has 1 aliphatic heterocycles. The van der Waals surface area contributed by atoms with Crippen LogP contribution in [0.4, 0.5) is 5.13 Å². The van der Waals surface area contributed by atoms with E-state index in [0.717, 1.165) is 36.2 Å². The third-order valence-electron chi connectivity index (χ3n) is 4.01. The van der Waals surface area contributed by atoms with Crippen molar-refractivity contribution in [1.82, 2.24) is 9.88 Å². The molecule has 1 aromatic heterocycles. The zero-order valence-electron chi connectivity index (χ0n) is 11.6. The van der Waals surface area contributed by atoms with Crippen LogP contribution in [0.2, 0.25) is 0 Å². The average molecular weight is 281 g/mol. The first-order valence-corrected chi connectivity index (χ1v) is 8.21. The van der Waals surface area contributed by atoms with E-state index in [1.54, 1.807) is 11.3 Å². The third-order valence-corrected chi connectivity index (χ3v) is 5.12. The van der Waals surface area contributed by atoms with E-state index in [-0.39, 0.29) is 6.61 Å². The summed E-state index contributed by atoms with van der Waals surface area (Å²) in [6.07, 6.45) is 3.73. The molecule has 19 heavy (non-hydrogen) atoms. The lowest BCUT2D eigenvalue weighted by Gasteiger charge is -2.34. The van der Waals surface area contributed by atoms with Gasteiger partial charge in [-0.25, -0.2) is 4.98 Å². The van der Waals surface area contributed by atoms with E-state index in [4.69, 9.17) is 4.98 Å². The van der Waals surface area contributed by atoms with Gasteiger partial charge in [0.25, 0.3) is 0 Å². The lowest BCUT2D eigenvalue weighted by molar-refractivity contribution is 0.258. The molecule has 0 amide bonds. The molecule has 0 atom stereocenters. The molecule has 0 aromatic carbocycles. The van der Waals surface area contributed by atoms with E-state index in [2.05, 4.69) is 16.7 Å². The monoisotopic (exact) mass is 281 g/mol. The Morgan fingerprint density at radius 2 is 2.00 bits per heavy atom. The van der Waals surface area contributed by atoms with Crippen molar-refractivity contribution in [1.29, 1.82) is 0 Å². The van der Waals surface area contributed by atoms with Gasteiger partial charge in [0, 0.05) is 32.1 Å². The Hall–Kier alpha value is -0.650. The molecule has 5 heteroatoms. The van der Waals surface area contributed by atoms with Gasteiger partial charge < -0.3 is 10.0 Å². The minimum atomic E-state index is 0.152. The number of thiazole rings is 1. The van der Waals surface area contributed by atoms with Crippen molar-refractivity contribution in [3.05, 3.63) is 10.6 Å². The van der Waals surface area contributed by atoms with Gasteiger partial charge in [0.15, 0.2) is 5.13 Å². The number of aromatic nitrogens is 1. The first kappa shape index (κ1) is 13.3. The number of nitrogens with zero attached hydrogens (tertiary/aromatic N) is 3. The summed E-state index contributed by atoms with van der Waals surface area (Å²) in [5, 5.41) is 10.6. The van der Waals surface area contributed by atoms with Crippen LogP contribution in [0.25, 0.3) is 0 Å². The fraction of sp³-hybridized carbons (Fsp3) is 0.786. The van der Waals surface area contributed by atoms with Gasteiger partial charge in [-0.2, -0.15) is 0 Å². The fourth-order valence-corrected chi connectivity index (χ4v) is 3.81. The van der Waals surface area contributed by atoms with Gasteiger partial charge in [-0.1, -0.05) is 18.3 Å². The largest absolute Gasteiger partial charge is 0.391 e. The summed E-state index contributed by atoms with van der Waals surface area (Å²) in [5.41, 5.74) is 1.18. The van der Waals surface area contributed by atoms with Gasteiger partial charge in [-0.3, -0.25) is 4.90 Å². The van der Waals surface area contributed by atoms with Gasteiger partial charge in [0.2, 0.25) is 0 Å². The summed E-state index contributed by atoms with van der Waals surface area (Å²) < 4.78 is 0. The molecular weight excluding hydrogens is 258 g/mol. The molecular formula is C14H23N3OS. The van der Waals surface area contributed by atoms with E-state index < -0.39 is 0 Å². The highest BCUT2D eigenvalue weighted by Gasteiger charge is 2.30. The molecule has 106 valence electrons. The quantitative estimate of drug-likeness (QED) is 0.896. The second-order valence-electron chi connectivity index (χ2n) is 5.57. The Morgan fingerprint density at radius 3 is 2.58 bits per heavy atom. The Balaban J connectivity index is 1.66. The predicted octanol–water partition coefficient (Wildman–Crippen LogP) is 2.04. The summed E-state index contributed by atoms with van der Waals surface area (Å²) >= 11 is 1.70. The second-order valence-corrected chi connectivity index (χ2v) is 6.63. The molecule has 4 nitrogen and oxygen atoms in total. The van der Waals surface area contributed by atoms with Gasteiger partial charge in [0.05, 0.1) is 17.2 Å². The van der Waals surface area contributed by atoms with Crippen LogP contribution in [-0.2, 0) is 6.61 Å². The number of piperazine rings is 1. The van der Waals surface area contributed by atoms with Crippen LogP contribution < -0.4 is 4.90 Å². The number of anilines is 1. The zero-order valence-corrected chi connectivity index (χ0v) is 12.5. The van der Waals surface area contributed by atoms with Crippen molar-refractivity contribution >= 4 is 16.5 Å². The minimum Gasteiger partial charge on any atom is -0.391 e. The van der Waals surface area contributed by atoms with Crippen molar-refractivity contribution in [3.63, 3.8) is 0 Å². The van der Waals surface area contributed by atoms with Crippen molar-refractivity contribution in [3.8, 4) is 0 Å². The maximum Gasteiger partial charge on any atom is 0.185 e. The van der Waals surface area contributed by atoms with Crippen molar-refractivity contribution in [2.75, 3.05) is 37.6 Å². The Bertz CT molecular complexity index is 422. The van der Waals surface area contributed by atoms with Crippen molar-refractivity contribution in [2.24, 2.45) is 0 Å². The van der Waals surface area contributed by atoms with Gasteiger partial charge in [0.1, 0.15) is 0 Å². The molecule has 0 spiro atoms. The van der Waals surface area contributed by atoms with Crippen LogP contribution in [0.15, 0.2) is 0 Å².